The summed E-state index contributed by atoms with van der Waals surface area (Å²) in [7, 11) is 0. The molecule has 0 amide bonds. The van der Waals surface area contributed by atoms with Gasteiger partial charge in [0.05, 0.1) is 10.0 Å². The molecule has 0 radical (unpaired) electrons. The minimum absolute atomic E-state index is 0.476. The van der Waals surface area contributed by atoms with Crippen molar-refractivity contribution in [2.45, 2.75) is 26.2 Å². The highest BCUT2D eigenvalue weighted by atomic mass is 35.5. The standard InChI is InChI=1S/C14H16Cl2N4O/c1-9-18-13(19-21-9)5-10-3-2-4-20(8-10)14-12(16)6-11(15)7-17-14/h6-7,10H,2-5,8H2,1H3/t10-/m1/s1. The molecule has 0 saturated carbocycles. The average molecular weight is 327 g/mol. The van der Waals surface area contributed by atoms with Crippen molar-refractivity contribution < 1.29 is 4.52 Å². The topological polar surface area (TPSA) is 55.1 Å². The Hall–Kier alpha value is -1.33. The van der Waals surface area contributed by atoms with Crippen molar-refractivity contribution in [3.05, 3.63) is 34.0 Å². The average Bonchev–Trinajstić information content (AvgIpc) is 2.84. The van der Waals surface area contributed by atoms with E-state index >= 15 is 0 Å². The number of nitrogens with zero attached hydrogens (tertiary/aromatic N) is 4. The molecular formula is C14H16Cl2N4O. The molecule has 0 aromatic carbocycles. The molecule has 2 aromatic heterocycles. The van der Waals surface area contributed by atoms with Gasteiger partial charge in [0.15, 0.2) is 5.82 Å². The molecule has 21 heavy (non-hydrogen) atoms. The van der Waals surface area contributed by atoms with E-state index in [1.54, 1.807) is 19.2 Å². The van der Waals surface area contributed by atoms with Gasteiger partial charge in [0.2, 0.25) is 5.89 Å². The van der Waals surface area contributed by atoms with Crippen molar-refractivity contribution in [3.8, 4) is 0 Å². The largest absolute Gasteiger partial charge is 0.355 e. The van der Waals surface area contributed by atoms with Crippen LogP contribution in [0.2, 0.25) is 10.0 Å². The Balaban J connectivity index is 1.70. The first-order valence-electron chi connectivity index (χ1n) is 6.97. The summed E-state index contributed by atoms with van der Waals surface area (Å²) in [5, 5.41) is 5.12. The van der Waals surface area contributed by atoms with Crippen LogP contribution in [0.1, 0.15) is 24.6 Å². The van der Waals surface area contributed by atoms with Gasteiger partial charge in [-0.15, -0.1) is 0 Å². The van der Waals surface area contributed by atoms with E-state index in [9.17, 15) is 0 Å². The van der Waals surface area contributed by atoms with Gasteiger partial charge >= 0.3 is 0 Å². The second-order valence-electron chi connectivity index (χ2n) is 5.35. The monoisotopic (exact) mass is 326 g/mol. The molecular weight excluding hydrogens is 311 g/mol. The normalized spacial score (nSPS) is 19.0. The second kappa shape index (κ2) is 6.20. The Bertz CT molecular complexity index is 631. The highest BCUT2D eigenvalue weighted by Gasteiger charge is 2.24. The molecule has 1 fully saturated rings. The van der Waals surface area contributed by atoms with Crippen molar-refractivity contribution in [2.24, 2.45) is 5.92 Å². The molecule has 0 N–H and O–H groups in total. The molecule has 112 valence electrons. The number of piperidine rings is 1. The molecule has 2 aromatic rings. The third-order valence-corrected chi connectivity index (χ3v) is 4.13. The molecule has 0 spiro atoms. The summed E-state index contributed by atoms with van der Waals surface area (Å²) >= 11 is 12.1. The van der Waals surface area contributed by atoms with Gasteiger partial charge in [-0.2, -0.15) is 4.98 Å². The first kappa shape index (κ1) is 14.6. The lowest BCUT2D eigenvalue weighted by atomic mass is 9.94. The van der Waals surface area contributed by atoms with Gasteiger partial charge < -0.3 is 9.42 Å². The Labute approximate surface area is 133 Å². The number of aromatic nitrogens is 3. The number of hydrogen-bond donors (Lipinski definition) is 0. The van der Waals surface area contributed by atoms with E-state index in [0.29, 0.717) is 21.9 Å². The Kier molecular flexibility index (Phi) is 4.31. The second-order valence-corrected chi connectivity index (χ2v) is 6.19. The molecule has 0 aliphatic carbocycles. The zero-order valence-corrected chi connectivity index (χ0v) is 13.2. The van der Waals surface area contributed by atoms with Gasteiger partial charge in [-0.1, -0.05) is 28.4 Å². The first-order valence-corrected chi connectivity index (χ1v) is 7.72. The van der Waals surface area contributed by atoms with Crippen LogP contribution in [-0.4, -0.2) is 28.2 Å². The summed E-state index contributed by atoms with van der Waals surface area (Å²) in [6.45, 7) is 3.65. The molecule has 0 unspecified atom stereocenters. The fraction of sp³-hybridized carbons (Fsp3) is 0.500. The summed E-state index contributed by atoms with van der Waals surface area (Å²) in [5.74, 6) is 2.66. The summed E-state index contributed by atoms with van der Waals surface area (Å²) < 4.78 is 5.03. The number of rotatable bonds is 3. The third-order valence-electron chi connectivity index (χ3n) is 3.65. The number of halogens is 2. The lowest BCUT2D eigenvalue weighted by Crippen LogP contribution is -2.37. The van der Waals surface area contributed by atoms with Gasteiger partial charge in [-0.3, -0.25) is 0 Å². The van der Waals surface area contributed by atoms with Gasteiger partial charge in [0.1, 0.15) is 5.82 Å². The highest BCUT2D eigenvalue weighted by molar-refractivity contribution is 6.36. The van der Waals surface area contributed by atoms with Gasteiger partial charge in [-0.05, 0) is 24.8 Å². The predicted molar refractivity (Wildman–Crippen MR) is 81.9 cm³/mol. The van der Waals surface area contributed by atoms with Crippen molar-refractivity contribution in [1.82, 2.24) is 15.1 Å². The van der Waals surface area contributed by atoms with E-state index in [1.165, 1.54) is 0 Å². The van der Waals surface area contributed by atoms with Crippen molar-refractivity contribution >= 4 is 29.0 Å². The van der Waals surface area contributed by atoms with Crippen molar-refractivity contribution in [2.75, 3.05) is 18.0 Å². The zero-order valence-electron chi connectivity index (χ0n) is 11.7. The van der Waals surface area contributed by atoms with Crippen LogP contribution in [0.15, 0.2) is 16.8 Å². The van der Waals surface area contributed by atoms with Crippen LogP contribution in [0, 0.1) is 12.8 Å². The number of anilines is 1. The molecule has 1 aliphatic rings. The van der Waals surface area contributed by atoms with E-state index in [0.717, 1.165) is 44.0 Å². The Morgan fingerprint density at radius 3 is 3.00 bits per heavy atom. The molecule has 0 bridgehead atoms. The summed E-state index contributed by atoms with van der Waals surface area (Å²) in [5.41, 5.74) is 0. The van der Waals surface area contributed by atoms with E-state index < -0.39 is 0 Å². The third kappa shape index (κ3) is 3.47. The fourth-order valence-electron chi connectivity index (χ4n) is 2.75. The van der Waals surface area contributed by atoms with Gasteiger partial charge in [-0.25, -0.2) is 4.98 Å². The van der Waals surface area contributed by atoms with Crippen molar-refractivity contribution in [1.29, 1.82) is 0 Å². The quantitative estimate of drug-likeness (QED) is 0.863. The van der Waals surface area contributed by atoms with Gasteiger partial charge in [0, 0.05) is 32.6 Å². The van der Waals surface area contributed by atoms with Crippen molar-refractivity contribution in [3.63, 3.8) is 0 Å². The van der Waals surface area contributed by atoms with E-state index in [4.69, 9.17) is 27.7 Å². The molecule has 7 heteroatoms. The maximum atomic E-state index is 6.25. The highest BCUT2D eigenvalue weighted by Crippen LogP contribution is 2.30. The summed E-state index contributed by atoms with van der Waals surface area (Å²) in [6.07, 6.45) is 4.70. The van der Waals surface area contributed by atoms with Crippen LogP contribution >= 0.6 is 23.2 Å². The molecule has 1 saturated heterocycles. The lowest BCUT2D eigenvalue weighted by Gasteiger charge is -2.33. The number of hydrogen-bond acceptors (Lipinski definition) is 5. The summed E-state index contributed by atoms with van der Waals surface area (Å²) in [4.78, 5) is 10.8. The SMILES string of the molecule is Cc1nc(C[C@H]2CCCN(c3ncc(Cl)cc3Cl)C2)no1. The van der Waals surface area contributed by atoms with E-state index in [2.05, 4.69) is 20.0 Å². The molecule has 3 heterocycles. The van der Waals surface area contributed by atoms with Crippen LogP contribution in [0.25, 0.3) is 0 Å². The summed E-state index contributed by atoms with van der Waals surface area (Å²) in [6, 6.07) is 1.73. The maximum Gasteiger partial charge on any atom is 0.223 e. The lowest BCUT2D eigenvalue weighted by molar-refractivity contribution is 0.369. The Morgan fingerprint density at radius 2 is 2.29 bits per heavy atom. The van der Waals surface area contributed by atoms with Crippen LogP contribution in [-0.2, 0) is 6.42 Å². The van der Waals surface area contributed by atoms with E-state index in [1.807, 2.05) is 0 Å². The minimum Gasteiger partial charge on any atom is -0.355 e. The molecule has 3 rings (SSSR count). The van der Waals surface area contributed by atoms with Crippen LogP contribution in [0.5, 0.6) is 0 Å². The smallest absolute Gasteiger partial charge is 0.223 e. The molecule has 1 atom stereocenters. The van der Waals surface area contributed by atoms with Crippen LogP contribution in [0.4, 0.5) is 5.82 Å². The Morgan fingerprint density at radius 1 is 1.43 bits per heavy atom. The van der Waals surface area contributed by atoms with Crippen LogP contribution < -0.4 is 4.90 Å². The zero-order chi connectivity index (χ0) is 14.8. The number of aryl methyl sites for hydroxylation is 1. The van der Waals surface area contributed by atoms with Crippen LogP contribution in [0.3, 0.4) is 0 Å². The van der Waals surface area contributed by atoms with E-state index in [-0.39, 0.29) is 0 Å². The maximum absolute atomic E-state index is 6.25. The fourth-order valence-corrected chi connectivity index (χ4v) is 3.25. The molecule has 1 aliphatic heterocycles. The predicted octanol–water partition coefficient (Wildman–Crippen LogP) is 3.54. The molecule has 5 nitrogen and oxygen atoms in total. The minimum atomic E-state index is 0.476. The first-order chi connectivity index (χ1) is 10.1. The number of pyridine rings is 1. The van der Waals surface area contributed by atoms with Gasteiger partial charge in [0.25, 0.3) is 0 Å².